The lowest BCUT2D eigenvalue weighted by Gasteiger charge is -2.24. The van der Waals surface area contributed by atoms with E-state index in [9.17, 15) is 9.90 Å². The highest BCUT2D eigenvalue weighted by Gasteiger charge is 2.24. The van der Waals surface area contributed by atoms with Gasteiger partial charge in [-0.15, -0.1) is 0 Å². The van der Waals surface area contributed by atoms with Crippen molar-refractivity contribution in [2.75, 3.05) is 6.61 Å². The Balaban J connectivity index is 2.89. The Bertz CT molecular complexity index is 504. The molecule has 1 atom stereocenters. The average Bonchev–Trinajstić information content (AvgIpc) is 2.39. The first-order chi connectivity index (χ1) is 10.2. The monoisotopic (exact) mass is 307 g/mol. The van der Waals surface area contributed by atoms with Gasteiger partial charge in [-0.25, -0.2) is 0 Å². The molecule has 0 heterocycles. The molecule has 0 spiro atoms. The van der Waals surface area contributed by atoms with Gasteiger partial charge in [0.05, 0.1) is 6.61 Å². The lowest BCUT2D eigenvalue weighted by molar-refractivity contribution is -0.146. The molecule has 0 amide bonds. The quantitative estimate of drug-likeness (QED) is 0.791. The number of hydrogen-bond acceptors (Lipinski definition) is 4. The van der Waals surface area contributed by atoms with Crippen LogP contribution in [-0.2, 0) is 21.5 Å². The SMILES string of the molecule is CCOC(=O)[C@@H](NCc1cccc(C(C)(C)C)c1O)C(C)C. The second kappa shape index (κ2) is 7.63. The second-order valence-corrected chi connectivity index (χ2v) is 6.92. The largest absolute Gasteiger partial charge is 0.507 e. The average molecular weight is 307 g/mol. The van der Waals surface area contributed by atoms with Gasteiger partial charge in [0.25, 0.3) is 0 Å². The van der Waals surface area contributed by atoms with Gasteiger partial charge in [-0.3, -0.25) is 10.1 Å². The fraction of sp³-hybridized carbons (Fsp3) is 0.611. The third kappa shape index (κ3) is 4.73. The molecule has 0 saturated carbocycles. The zero-order valence-corrected chi connectivity index (χ0v) is 14.6. The van der Waals surface area contributed by atoms with Gasteiger partial charge in [0.2, 0.25) is 0 Å². The first-order valence-corrected chi connectivity index (χ1v) is 7.89. The van der Waals surface area contributed by atoms with Crippen molar-refractivity contribution in [2.45, 2.75) is 59.5 Å². The maximum atomic E-state index is 12.0. The summed E-state index contributed by atoms with van der Waals surface area (Å²) in [6.45, 7) is 12.7. The Morgan fingerprint density at radius 3 is 2.45 bits per heavy atom. The first kappa shape index (κ1) is 18.5. The molecule has 0 saturated heterocycles. The van der Waals surface area contributed by atoms with Gasteiger partial charge < -0.3 is 9.84 Å². The molecule has 22 heavy (non-hydrogen) atoms. The van der Waals surface area contributed by atoms with Crippen molar-refractivity contribution in [1.29, 1.82) is 0 Å². The number of ether oxygens (including phenoxy) is 1. The fourth-order valence-electron chi connectivity index (χ4n) is 2.38. The molecule has 4 heteroatoms. The van der Waals surface area contributed by atoms with Crippen LogP contribution in [0.4, 0.5) is 0 Å². The summed E-state index contributed by atoms with van der Waals surface area (Å²) in [6.07, 6.45) is 0. The molecule has 0 aliphatic heterocycles. The van der Waals surface area contributed by atoms with Crippen LogP contribution in [0.5, 0.6) is 5.75 Å². The van der Waals surface area contributed by atoms with Crippen LogP contribution in [0.2, 0.25) is 0 Å². The van der Waals surface area contributed by atoms with Crippen LogP contribution < -0.4 is 5.32 Å². The highest BCUT2D eigenvalue weighted by atomic mass is 16.5. The van der Waals surface area contributed by atoms with E-state index in [0.717, 1.165) is 11.1 Å². The molecule has 0 radical (unpaired) electrons. The van der Waals surface area contributed by atoms with E-state index in [0.29, 0.717) is 18.9 Å². The number of carbonyl (C=O) groups excluding carboxylic acids is 1. The Hall–Kier alpha value is -1.55. The van der Waals surface area contributed by atoms with Gasteiger partial charge in [-0.1, -0.05) is 52.8 Å². The van der Waals surface area contributed by atoms with E-state index in [1.54, 1.807) is 6.92 Å². The zero-order valence-electron chi connectivity index (χ0n) is 14.6. The van der Waals surface area contributed by atoms with Crippen molar-refractivity contribution in [2.24, 2.45) is 5.92 Å². The van der Waals surface area contributed by atoms with E-state index < -0.39 is 0 Å². The van der Waals surface area contributed by atoms with Crippen molar-refractivity contribution < 1.29 is 14.6 Å². The lowest BCUT2D eigenvalue weighted by atomic mass is 9.85. The topological polar surface area (TPSA) is 58.6 Å². The van der Waals surface area contributed by atoms with Crippen molar-refractivity contribution in [1.82, 2.24) is 5.32 Å². The molecule has 0 aromatic heterocycles. The molecule has 0 bridgehead atoms. The van der Waals surface area contributed by atoms with E-state index in [1.807, 2.05) is 32.0 Å². The predicted octanol–water partition coefficient (Wildman–Crippen LogP) is 3.37. The first-order valence-electron chi connectivity index (χ1n) is 7.89. The van der Waals surface area contributed by atoms with Gasteiger partial charge in [-0.05, 0) is 23.8 Å². The smallest absolute Gasteiger partial charge is 0.323 e. The number of nitrogens with one attached hydrogen (secondary N) is 1. The molecule has 124 valence electrons. The summed E-state index contributed by atoms with van der Waals surface area (Å²) in [5.74, 6) is 0.171. The molecular weight excluding hydrogens is 278 g/mol. The van der Waals surface area contributed by atoms with Gasteiger partial charge >= 0.3 is 5.97 Å². The molecule has 1 aromatic carbocycles. The predicted molar refractivity (Wildman–Crippen MR) is 88.9 cm³/mol. The van der Waals surface area contributed by atoms with Gasteiger partial charge in [0.15, 0.2) is 0 Å². The highest BCUT2D eigenvalue weighted by Crippen LogP contribution is 2.33. The Morgan fingerprint density at radius 1 is 1.32 bits per heavy atom. The molecular formula is C18H29NO3. The number of aromatic hydroxyl groups is 1. The number of hydrogen-bond donors (Lipinski definition) is 2. The van der Waals surface area contributed by atoms with Crippen molar-refractivity contribution in [3.63, 3.8) is 0 Å². The summed E-state index contributed by atoms with van der Waals surface area (Å²) >= 11 is 0. The Morgan fingerprint density at radius 2 is 1.95 bits per heavy atom. The summed E-state index contributed by atoms with van der Waals surface area (Å²) in [5, 5.41) is 13.7. The van der Waals surface area contributed by atoms with Gasteiger partial charge in [0, 0.05) is 12.1 Å². The van der Waals surface area contributed by atoms with Crippen LogP contribution in [0.1, 0.15) is 52.7 Å². The number of benzene rings is 1. The minimum Gasteiger partial charge on any atom is -0.507 e. The zero-order chi connectivity index (χ0) is 16.9. The standard InChI is InChI=1S/C18H29NO3/c1-7-22-17(21)15(12(2)3)19-11-13-9-8-10-14(16(13)20)18(4,5)6/h8-10,12,15,19-20H,7,11H2,1-6H3/t15-/m0/s1. The van der Waals surface area contributed by atoms with Crippen LogP contribution in [0.3, 0.4) is 0 Å². The number of carbonyl (C=O) groups is 1. The molecule has 0 aliphatic rings. The molecule has 0 aliphatic carbocycles. The van der Waals surface area contributed by atoms with E-state index in [-0.39, 0.29) is 23.3 Å². The number of phenolic OH excluding ortho intramolecular Hbond substituents is 1. The molecule has 1 rings (SSSR count). The molecule has 2 N–H and O–H groups in total. The van der Waals surface area contributed by atoms with Crippen LogP contribution >= 0.6 is 0 Å². The van der Waals surface area contributed by atoms with E-state index >= 15 is 0 Å². The van der Waals surface area contributed by atoms with Crippen molar-refractivity contribution in [3.8, 4) is 5.75 Å². The van der Waals surface area contributed by atoms with Crippen molar-refractivity contribution in [3.05, 3.63) is 29.3 Å². The summed E-state index contributed by atoms with van der Waals surface area (Å²) < 4.78 is 5.10. The lowest BCUT2D eigenvalue weighted by Crippen LogP contribution is -2.41. The maximum Gasteiger partial charge on any atom is 0.323 e. The van der Waals surface area contributed by atoms with Gasteiger partial charge in [0.1, 0.15) is 11.8 Å². The molecule has 4 nitrogen and oxygen atoms in total. The fourth-order valence-corrected chi connectivity index (χ4v) is 2.38. The van der Waals surface area contributed by atoms with Crippen molar-refractivity contribution >= 4 is 5.97 Å². The third-order valence-corrected chi connectivity index (χ3v) is 3.65. The van der Waals surface area contributed by atoms with Crippen LogP contribution in [0.25, 0.3) is 0 Å². The minimum atomic E-state index is -0.377. The molecule has 1 aromatic rings. The summed E-state index contributed by atoms with van der Waals surface area (Å²) in [6, 6.07) is 5.37. The second-order valence-electron chi connectivity index (χ2n) is 6.92. The summed E-state index contributed by atoms with van der Waals surface area (Å²) in [7, 11) is 0. The van der Waals surface area contributed by atoms with Crippen LogP contribution in [0, 0.1) is 5.92 Å². The van der Waals surface area contributed by atoms with E-state index in [4.69, 9.17) is 4.74 Å². The number of esters is 1. The summed E-state index contributed by atoms with van der Waals surface area (Å²) in [5.41, 5.74) is 1.57. The number of rotatable bonds is 6. The Labute approximate surface area is 133 Å². The number of para-hydroxylation sites is 1. The van der Waals surface area contributed by atoms with E-state index in [1.165, 1.54) is 0 Å². The molecule has 0 unspecified atom stereocenters. The molecule has 0 fully saturated rings. The summed E-state index contributed by atoms with van der Waals surface area (Å²) in [4.78, 5) is 12.0. The van der Waals surface area contributed by atoms with Gasteiger partial charge in [-0.2, -0.15) is 0 Å². The maximum absolute atomic E-state index is 12.0. The normalized spacial score (nSPS) is 13.2. The van der Waals surface area contributed by atoms with Crippen LogP contribution in [-0.4, -0.2) is 23.7 Å². The van der Waals surface area contributed by atoms with Crippen LogP contribution in [0.15, 0.2) is 18.2 Å². The van der Waals surface area contributed by atoms with E-state index in [2.05, 4.69) is 26.1 Å². The number of phenols is 1. The Kier molecular flexibility index (Phi) is 6.42. The highest BCUT2D eigenvalue weighted by molar-refractivity contribution is 5.76. The third-order valence-electron chi connectivity index (χ3n) is 3.65. The minimum absolute atomic E-state index is 0.118.